The van der Waals surface area contributed by atoms with Crippen molar-refractivity contribution in [2.75, 3.05) is 20.8 Å². The Labute approximate surface area is 159 Å². The van der Waals surface area contributed by atoms with E-state index < -0.39 is 11.9 Å². The van der Waals surface area contributed by atoms with Gasteiger partial charge in [0.2, 0.25) is 0 Å². The fourth-order valence-corrected chi connectivity index (χ4v) is 2.67. The second-order valence-electron chi connectivity index (χ2n) is 6.03. The number of amides is 1. The molecule has 0 fully saturated rings. The van der Waals surface area contributed by atoms with Crippen molar-refractivity contribution >= 4 is 5.91 Å². The minimum atomic E-state index is -0.719. The number of nitrogens with one attached hydrogen (secondary N) is 1. The van der Waals surface area contributed by atoms with Crippen LogP contribution in [0.4, 0.5) is 4.39 Å². The number of hydrogen-bond acceptors (Lipinski definition) is 4. The maximum absolute atomic E-state index is 13.7. The van der Waals surface area contributed by atoms with Crippen LogP contribution in [0.15, 0.2) is 42.5 Å². The van der Waals surface area contributed by atoms with Gasteiger partial charge in [-0.2, -0.15) is 0 Å². The van der Waals surface area contributed by atoms with Crippen LogP contribution in [0.25, 0.3) is 0 Å². The highest BCUT2D eigenvalue weighted by Crippen LogP contribution is 2.27. The first-order valence-electron chi connectivity index (χ1n) is 8.98. The standard InChI is InChI=1S/C21H26FNO4/c1-4-17(27-18-10-6-5-9-16(18)22)21(24)23-13-7-8-15-11-12-19(25-2)20(14-15)26-3/h5-6,9-12,14,17H,4,7-8,13H2,1-3H3,(H,23,24). The van der Waals surface area contributed by atoms with Gasteiger partial charge in [-0.1, -0.05) is 25.1 Å². The van der Waals surface area contributed by atoms with Crippen LogP contribution in [0.5, 0.6) is 17.2 Å². The summed E-state index contributed by atoms with van der Waals surface area (Å²) in [4.78, 5) is 12.3. The number of halogens is 1. The number of para-hydroxylation sites is 1. The molecule has 5 nitrogen and oxygen atoms in total. The lowest BCUT2D eigenvalue weighted by atomic mass is 10.1. The Morgan fingerprint density at radius 2 is 1.81 bits per heavy atom. The summed E-state index contributed by atoms with van der Waals surface area (Å²) in [6.07, 6.45) is 1.28. The van der Waals surface area contributed by atoms with Gasteiger partial charge in [-0.05, 0) is 49.1 Å². The zero-order valence-corrected chi connectivity index (χ0v) is 16.0. The van der Waals surface area contributed by atoms with Gasteiger partial charge in [-0.25, -0.2) is 4.39 Å². The van der Waals surface area contributed by atoms with E-state index in [0.29, 0.717) is 24.5 Å². The fourth-order valence-electron chi connectivity index (χ4n) is 2.67. The molecule has 146 valence electrons. The number of carbonyl (C=O) groups excluding carboxylic acids is 1. The highest BCUT2D eigenvalue weighted by atomic mass is 19.1. The lowest BCUT2D eigenvalue weighted by Gasteiger charge is -2.17. The minimum absolute atomic E-state index is 0.0878. The summed E-state index contributed by atoms with van der Waals surface area (Å²) in [5.41, 5.74) is 1.09. The zero-order valence-electron chi connectivity index (χ0n) is 16.0. The summed E-state index contributed by atoms with van der Waals surface area (Å²) >= 11 is 0. The lowest BCUT2D eigenvalue weighted by Crippen LogP contribution is -2.38. The average Bonchev–Trinajstić information content (AvgIpc) is 2.70. The number of methoxy groups -OCH3 is 2. The third kappa shape index (κ3) is 5.88. The van der Waals surface area contributed by atoms with Crippen molar-refractivity contribution in [2.45, 2.75) is 32.3 Å². The molecular weight excluding hydrogens is 349 g/mol. The summed E-state index contributed by atoms with van der Waals surface area (Å²) in [6, 6.07) is 11.8. The molecular formula is C21H26FNO4. The molecule has 1 N–H and O–H groups in total. The van der Waals surface area contributed by atoms with Gasteiger partial charge in [0, 0.05) is 6.54 Å². The summed E-state index contributed by atoms with van der Waals surface area (Å²) in [6.45, 7) is 2.33. The van der Waals surface area contributed by atoms with Gasteiger partial charge in [0.25, 0.3) is 5.91 Å². The monoisotopic (exact) mass is 375 g/mol. The molecule has 0 saturated carbocycles. The van der Waals surface area contributed by atoms with Gasteiger partial charge in [0.1, 0.15) is 0 Å². The highest BCUT2D eigenvalue weighted by Gasteiger charge is 2.19. The predicted octanol–water partition coefficient (Wildman–Crippen LogP) is 3.75. The summed E-state index contributed by atoms with van der Waals surface area (Å²) in [5.74, 6) is 0.740. The van der Waals surface area contributed by atoms with Gasteiger partial charge in [0.05, 0.1) is 14.2 Å². The van der Waals surface area contributed by atoms with Gasteiger partial charge >= 0.3 is 0 Å². The molecule has 0 aliphatic rings. The van der Waals surface area contributed by atoms with Crippen molar-refractivity contribution in [2.24, 2.45) is 0 Å². The van der Waals surface area contributed by atoms with Crippen molar-refractivity contribution < 1.29 is 23.4 Å². The van der Waals surface area contributed by atoms with E-state index >= 15 is 0 Å². The topological polar surface area (TPSA) is 56.8 Å². The van der Waals surface area contributed by atoms with Crippen LogP contribution in [-0.4, -0.2) is 32.8 Å². The van der Waals surface area contributed by atoms with E-state index in [9.17, 15) is 9.18 Å². The Hall–Kier alpha value is -2.76. The third-order valence-corrected chi connectivity index (χ3v) is 4.16. The first kappa shape index (κ1) is 20.6. The molecule has 0 aliphatic carbocycles. The zero-order chi connectivity index (χ0) is 19.6. The Morgan fingerprint density at radius 1 is 1.07 bits per heavy atom. The molecule has 0 heterocycles. The molecule has 0 radical (unpaired) electrons. The van der Waals surface area contributed by atoms with E-state index in [1.54, 1.807) is 26.4 Å². The first-order valence-corrected chi connectivity index (χ1v) is 8.98. The maximum atomic E-state index is 13.7. The van der Waals surface area contributed by atoms with Crippen LogP contribution in [0, 0.1) is 5.82 Å². The number of rotatable bonds is 10. The third-order valence-electron chi connectivity index (χ3n) is 4.16. The van der Waals surface area contributed by atoms with Crippen molar-refractivity contribution in [1.29, 1.82) is 0 Å². The van der Waals surface area contributed by atoms with Crippen LogP contribution >= 0.6 is 0 Å². The molecule has 2 aromatic rings. The fraction of sp³-hybridized carbons (Fsp3) is 0.381. The molecule has 27 heavy (non-hydrogen) atoms. The number of benzene rings is 2. The van der Waals surface area contributed by atoms with E-state index in [2.05, 4.69) is 5.32 Å². The molecule has 1 amide bonds. The van der Waals surface area contributed by atoms with E-state index in [4.69, 9.17) is 14.2 Å². The molecule has 0 aromatic heterocycles. The largest absolute Gasteiger partial charge is 0.493 e. The molecule has 0 bridgehead atoms. The Bertz CT molecular complexity index is 751. The minimum Gasteiger partial charge on any atom is -0.493 e. The molecule has 2 rings (SSSR count). The summed E-state index contributed by atoms with van der Waals surface area (Å²) in [7, 11) is 3.20. The van der Waals surface area contributed by atoms with E-state index in [-0.39, 0.29) is 11.7 Å². The number of ether oxygens (including phenoxy) is 3. The number of carbonyl (C=O) groups is 1. The normalized spacial score (nSPS) is 11.6. The van der Waals surface area contributed by atoms with E-state index in [1.807, 2.05) is 25.1 Å². The highest BCUT2D eigenvalue weighted by molar-refractivity contribution is 5.81. The van der Waals surface area contributed by atoms with Crippen LogP contribution in [0.2, 0.25) is 0 Å². The van der Waals surface area contributed by atoms with E-state index in [1.165, 1.54) is 12.1 Å². The first-order chi connectivity index (χ1) is 13.1. The number of hydrogen-bond donors (Lipinski definition) is 1. The van der Waals surface area contributed by atoms with Gasteiger partial charge < -0.3 is 19.5 Å². The number of aryl methyl sites for hydroxylation is 1. The van der Waals surface area contributed by atoms with Gasteiger partial charge in [-0.15, -0.1) is 0 Å². The van der Waals surface area contributed by atoms with Crippen molar-refractivity contribution in [3.8, 4) is 17.2 Å². The van der Waals surface area contributed by atoms with Crippen molar-refractivity contribution in [3.63, 3.8) is 0 Å². The summed E-state index contributed by atoms with van der Waals surface area (Å²) in [5, 5.41) is 2.85. The molecule has 0 saturated heterocycles. The second-order valence-corrected chi connectivity index (χ2v) is 6.03. The second kappa shape index (κ2) is 10.4. The van der Waals surface area contributed by atoms with Gasteiger partial charge in [-0.3, -0.25) is 4.79 Å². The molecule has 6 heteroatoms. The van der Waals surface area contributed by atoms with Crippen LogP contribution in [0.3, 0.4) is 0 Å². The van der Waals surface area contributed by atoms with E-state index in [0.717, 1.165) is 18.4 Å². The van der Waals surface area contributed by atoms with Crippen LogP contribution in [0.1, 0.15) is 25.3 Å². The smallest absolute Gasteiger partial charge is 0.261 e. The molecule has 2 aromatic carbocycles. The molecule has 0 aliphatic heterocycles. The van der Waals surface area contributed by atoms with Gasteiger partial charge in [0.15, 0.2) is 29.2 Å². The van der Waals surface area contributed by atoms with Crippen molar-refractivity contribution in [3.05, 3.63) is 53.8 Å². The Kier molecular flexibility index (Phi) is 7.92. The maximum Gasteiger partial charge on any atom is 0.261 e. The van der Waals surface area contributed by atoms with Crippen LogP contribution in [-0.2, 0) is 11.2 Å². The van der Waals surface area contributed by atoms with Crippen LogP contribution < -0.4 is 19.5 Å². The lowest BCUT2D eigenvalue weighted by molar-refractivity contribution is -0.128. The average molecular weight is 375 g/mol. The molecule has 1 unspecified atom stereocenters. The predicted molar refractivity (Wildman–Crippen MR) is 102 cm³/mol. The van der Waals surface area contributed by atoms with Crippen molar-refractivity contribution in [1.82, 2.24) is 5.32 Å². The molecule has 1 atom stereocenters. The Balaban J connectivity index is 1.81. The Morgan fingerprint density at radius 3 is 2.48 bits per heavy atom. The quantitative estimate of drug-likeness (QED) is 0.643. The molecule has 0 spiro atoms. The SMILES string of the molecule is CCC(Oc1ccccc1F)C(=O)NCCCc1ccc(OC)c(OC)c1. The summed E-state index contributed by atoms with van der Waals surface area (Å²) < 4.78 is 29.7.